The highest BCUT2D eigenvalue weighted by Crippen LogP contribution is 2.34. The number of hydrogen-bond acceptors (Lipinski definition) is 2. The Kier molecular flexibility index (Phi) is 3.40. The summed E-state index contributed by atoms with van der Waals surface area (Å²) in [4.78, 5) is 14.1. The van der Waals surface area contributed by atoms with Crippen LogP contribution in [0.15, 0.2) is 6.07 Å². The number of amides is 1. The molecule has 1 saturated carbocycles. The molecule has 1 fully saturated rings. The van der Waals surface area contributed by atoms with E-state index < -0.39 is 0 Å². The average molecular weight is 302 g/mol. The van der Waals surface area contributed by atoms with E-state index in [1.165, 1.54) is 16.9 Å². The number of thiophene rings is 1. The molecule has 0 aromatic carbocycles. The number of hydrogen-bond donors (Lipinski definition) is 1. The molecule has 88 valence electrons. The molecule has 2 rings (SSSR count). The van der Waals surface area contributed by atoms with Gasteiger partial charge in [-0.2, -0.15) is 0 Å². The lowest BCUT2D eigenvalue weighted by Crippen LogP contribution is -2.54. The molecule has 1 aromatic heterocycles. The zero-order chi connectivity index (χ0) is 11.8. The van der Waals surface area contributed by atoms with Crippen molar-refractivity contribution in [2.45, 2.75) is 38.6 Å². The summed E-state index contributed by atoms with van der Waals surface area (Å²) in [7, 11) is 0. The highest BCUT2D eigenvalue weighted by atomic mass is 79.9. The number of halogens is 1. The SMILES string of the molecule is Cc1cc(C(=O)NC2(CBr)CCC2)sc1C. The summed E-state index contributed by atoms with van der Waals surface area (Å²) in [6, 6.07) is 1.98. The molecule has 0 radical (unpaired) electrons. The maximum Gasteiger partial charge on any atom is 0.261 e. The summed E-state index contributed by atoms with van der Waals surface area (Å²) < 4.78 is 0. The smallest absolute Gasteiger partial charge is 0.261 e. The minimum absolute atomic E-state index is 0.0167. The second-order valence-electron chi connectivity index (χ2n) is 4.57. The molecule has 0 spiro atoms. The molecular formula is C12H16BrNOS. The number of alkyl halides is 1. The van der Waals surface area contributed by atoms with Crippen LogP contribution in [0.5, 0.6) is 0 Å². The Morgan fingerprint density at radius 3 is 2.62 bits per heavy atom. The fraction of sp³-hybridized carbons (Fsp3) is 0.583. The average Bonchev–Trinajstić information content (AvgIpc) is 2.53. The van der Waals surface area contributed by atoms with Gasteiger partial charge in [0.15, 0.2) is 0 Å². The van der Waals surface area contributed by atoms with Crippen molar-refractivity contribution in [3.8, 4) is 0 Å². The van der Waals surface area contributed by atoms with Gasteiger partial charge in [-0.05, 0) is 44.7 Å². The van der Waals surface area contributed by atoms with Crippen LogP contribution >= 0.6 is 27.3 Å². The Labute approximate surface area is 109 Å². The molecule has 1 heterocycles. The summed E-state index contributed by atoms with van der Waals surface area (Å²) in [5.74, 6) is 0.0837. The second kappa shape index (κ2) is 4.49. The number of carbonyl (C=O) groups is 1. The van der Waals surface area contributed by atoms with Gasteiger partial charge in [0.25, 0.3) is 5.91 Å². The summed E-state index contributed by atoms with van der Waals surface area (Å²) >= 11 is 5.07. The number of nitrogens with one attached hydrogen (secondary N) is 1. The highest BCUT2D eigenvalue weighted by Gasteiger charge is 2.37. The van der Waals surface area contributed by atoms with E-state index in [-0.39, 0.29) is 11.4 Å². The van der Waals surface area contributed by atoms with Crippen LogP contribution in [0, 0.1) is 13.8 Å². The second-order valence-corrected chi connectivity index (χ2v) is 6.39. The van der Waals surface area contributed by atoms with Crippen molar-refractivity contribution in [2.24, 2.45) is 0 Å². The van der Waals surface area contributed by atoms with Gasteiger partial charge in [0.1, 0.15) is 0 Å². The molecule has 1 amide bonds. The van der Waals surface area contributed by atoms with E-state index in [1.807, 2.05) is 13.0 Å². The molecule has 2 nitrogen and oxygen atoms in total. The molecule has 16 heavy (non-hydrogen) atoms. The van der Waals surface area contributed by atoms with Crippen molar-refractivity contribution in [1.82, 2.24) is 5.32 Å². The van der Waals surface area contributed by atoms with Crippen LogP contribution in [-0.4, -0.2) is 16.8 Å². The summed E-state index contributed by atoms with van der Waals surface area (Å²) in [6.45, 7) is 4.10. The van der Waals surface area contributed by atoms with Gasteiger partial charge < -0.3 is 5.32 Å². The van der Waals surface area contributed by atoms with Crippen molar-refractivity contribution >= 4 is 33.2 Å². The van der Waals surface area contributed by atoms with Crippen LogP contribution in [-0.2, 0) is 0 Å². The predicted octanol–water partition coefficient (Wildman–Crippen LogP) is 3.41. The molecular weight excluding hydrogens is 286 g/mol. The van der Waals surface area contributed by atoms with Gasteiger partial charge in [-0.1, -0.05) is 15.9 Å². The van der Waals surface area contributed by atoms with E-state index in [1.54, 1.807) is 11.3 Å². The van der Waals surface area contributed by atoms with Crippen molar-refractivity contribution in [3.05, 3.63) is 21.4 Å². The molecule has 1 aliphatic carbocycles. The van der Waals surface area contributed by atoms with E-state index in [4.69, 9.17) is 0 Å². The molecule has 1 N–H and O–H groups in total. The monoisotopic (exact) mass is 301 g/mol. The van der Waals surface area contributed by atoms with E-state index in [0.29, 0.717) is 0 Å². The van der Waals surface area contributed by atoms with Crippen molar-refractivity contribution in [3.63, 3.8) is 0 Å². The third-order valence-electron chi connectivity index (χ3n) is 3.33. The minimum Gasteiger partial charge on any atom is -0.345 e. The number of rotatable bonds is 3. The Balaban J connectivity index is 2.08. The first-order valence-electron chi connectivity index (χ1n) is 5.52. The fourth-order valence-electron chi connectivity index (χ4n) is 1.88. The fourth-order valence-corrected chi connectivity index (χ4v) is 3.51. The number of aryl methyl sites for hydroxylation is 2. The first kappa shape index (κ1) is 12.1. The van der Waals surface area contributed by atoms with Gasteiger partial charge >= 0.3 is 0 Å². The first-order valence-corrected chi connectivity index (χ1v) is 7.46. The molecule has 0 bridgehead atoms. The van der Waals surface area contributed by atoms with E-state index in [0.717, 1.165) is 23.0 Å². The lowest BCUT2D eigenvalue weighted by Gasteiger charge is -2.41. The Hall–Kier alpha value is -0.350. The first-order chi connectivity index (χ1) is 7.56. The van der Waals surface area contributed by atoms with Crippen LogP contribution in [0.1, 0.15) is 39.4 Å². The maximum atomic E-state index is 12.1. The summed E-state index contributed by atoms with van der Waals surface area (Å²) in [6.07, 6.45) is 3.40. The third kappa shape index (κ3) is 2.18. The standard InChI is InChI=1S/C12H16BrNOS/c1-8-6-10(16-9(8)2)11(15)14-12(7-13)4-3-5-12/h6H,3-5,7H2,1-2H3,(H,14,15). The zero-order valence-electron chi connectivity index (χ0n) is 9.60. The predicted molar refractivity (Wildman–Crippen MR) is 71.6 cm³/mol. The normalized spacial score (nSPS) is 17.9. The van der Waals surface area contributed by atoms with Crippen molar-refractivity contribution < 1.29 is 4.79 Å². The lowest BCUT2D eigenvalue weighted by molar-refractivity contribution is 0.0860. The van der Waals surface area contributed by atoms with Crippen molar-refractivity contribution in [2.75, 3.05) is 5.33 Å². The molecule has 0 atom stereocenters. The zero-order valence-corrected chi connectivity index (χ0v) is 12.0. The van der Waals surface area contributed by atoms with Crippen LogP contribution in [0.2, 0.25) is 0 Å². The molecule has 0 unspecified atom stereocenters. The number of carbonyl (C=O) groups excluding carboxylic acids is 1. The minimum atomic E-state index is 0.0167. The Bertz CT molecular complexity index is 384. The molecule has 4 heteroatoms. The highest BCUT2D eigenvalue weighted by molar-refractivity contribution is 9.09. The molecule has 1 aliphatic rings. The van der Waals surface area contributed by atoms with Crippen LogP contribution in [0.4, 0.5) is 0 Å². The van der Waals surface area contributed by atoms with Crippen molar-refractivity contribution in [1.29, 1.82) is 0 Å². The van der Waals surface area contributed by atoms with Crippen LogP contribution < -0.4 is 5.32 Å². The summed E-state index contributed by atoms with van der Waals surface area (Å²) in [5.41, 5.74) is 1.22. The molecule has 0 saturated heterocycles. The largest absolute Gasteiger partial charge is 0.345 e. The third-order valence-corrected chi connectivity index (χ3v) is 5.56. The van der Waals surface area contributed by atoms with Crippen LogP contribution in [0.25, 0.3) is 0 Å². The maximum absolute atomic E-state index is 12.1. The molecule has 1 aromatic rings. The van der Waals surface area contributed by atoms with Gasteiger partial charge in [-0.3, -0.25) is 4.79 Å². The summed E-state index contributed by atoms with van der Waals surface area (Å²) in [5, 5.41) is 4.02. The molecule has 0 aliphatic heterocycles. The van der Waals surface area contributed by atoms with Gasteiger partial charge in [0.2, 0.25) is 0 Å². The van der Waals surface area contributed by atoms with Crippen LogP contribution in [0.3, 0.4) is 0 Å². The van der Waals surface area contributed by atoms with Gasteiger partial charge in [0.05, 0.1) is 10.4 Å². The van der Waals surface area contributed by atoms with Gasteiger partial charge in [0, 0.05) is 10.2 Å². The van der Waals surface area contributed by atoms with E-state index >= 15 is 0 Å². The quantitative estimate of drug-likeness (QED) is 0.852. The van der Waals surface area contributed by atoms with Gasteiger partial charge in [-0.15, -0.1) is 11.3 Å². The topological polar surface area (TPSA) is 29.1 Å². The Morgan fingerprint density at radius 2 is 2.25 bits per heavy atom. The Morgan fingerprint density at radius 1 is 1.56 bits per heavy atom. The van der Waals surface area contributed by atoms with E-state index in [9.17, 15) is 4.79 Å². The van der Waals surface area contributed by atoms with E-state index in [2.05, 4.69) is 28.2 Å². The lowest BCUT2D eigenvalue weighted by atomic mass is 9.78. The van der Waals surface area contributed by atoms with Gasteiger partial charge in [-0.25, -0.2) is 0 Å².